The second-order valence-electron chi connectivity index (χ2n) is 13.3. The van der Waals surface area contributed by atoms with E-state index in [1.807, 2.05) is 0 Å². The van der Waals surface area contributed by atoms with Crippen LogP contribution in [0.4, 0.5) is 18.0 Å². The first-order valence-electron chi connectivity index (χ1n) is 14.3. The lowest BCUT2D eigenvalue weighted by molar-refractivity contribution is -0.269. The molecule has 46 heavy (non-hydrogen) atoms. The third-order valence-electron chi connectivity index (χ3n) is 6.20. The molecule has 0 saturated heterocycles. The van der Waals surface area contributed by atoms with Crippen molar-refractivity contribution in [2.24, 2.45) is 0 Å². The maximum Gasteiger partial charge on any atom is 0.423 e. The molecule has 2 unspecified atom stereocenters. The van der Waals surface area contributed by atoms with Gasteiger partial charge in [-0.1, -0.05) is 12.1 Å². The number of esters is 1. The summed E-state index contributed by atoms with van der Waals surface area (Å²) in [7, 11) is -3.84. The van der Waals surface area contributed by atoms with E-state index < -0.39 is 86.5 Å². The van der Waals surface area contributed by atoms with Crippen LogP contribution in [0.2, 0.25) is 0 Å². The van der Waals surface area contributed by atoms with Crippen LogP contribution in [0.15, 0.2) is 36.7 Å². The smallest absolute Gasteiger partial charge is 0.423 e. The van der Waals surface area contributed by atoms with Crippen molar-refractivity contribution >= 4 is 21.8 Å². The zero-order chi connectivity index (χ0) is 35.4. The fourth-order valence-electron chi connectivity index (χ4n) is 3.85. The Balaban J connectivity index is 2.20. The molecule has 12 nitrogen and oxygen atoms in total. The van der Waals surface area contributed by atoms with Crippen LogP contribution in [0.3, 0.4) is 0 Å². The minimum absolute atomic E-state index is 0.198. The standard InChI is InChI=1S/C30H43F3N4O8S/c1-26(2,3)44-24(38)21(37-25(39)45-27(4,5)6)12-14-46(34,42)15-13-29(41,30(31,32)33)22-17-36-23(18-35-22)43-20-11-9-10-19(16-20)28(7,8)40/h9-11,16-18,21,34,40-41H,12-15H2,1-8H3,(H,37,39)/t21-,29?,46?/m0/s1. The molecule has 0 fully saturated rings. The summed E-state index contributed by atoms with van der Waals surface area (Å²) in [5, 5.41) is 23.3. The molecule has 0 aliphatic rings. The van der Waals surface area contributed by atoms with E-state index in [1.54, 1.807) is 67.5 Å². The summed E-state index contributed by atoms with van der Waals surface area (Å²) in [4.78, 5) is 32.6. The number of benzene rings is 1. The molecule has 2 aromatic rings. The number of nitrogens with zero attached hydrogens (tertiary/aromatic N) is 2. The van der Waals surface area contributed by atoms with Crippen molar-refractivity contribution in [2.75, 3.05) is 11.5 Å². The number of aromatic nitrogens is 2. The molecule has 0 aliphatic heterocycles. The summed E-state index contributed by atoms with van der Waals surface area (Å²) in [6, 6.07) is 4.91. The van der Waals surface area contributed by atoms with Gasteiger partial charge in [0.2, 0.25) is 11.5 Å². The number of alkyl carbamates (subject to hydrolysis) is 1. The second kappa shape index (κ2) is 14.1. The molecule has 0 spiro atoms. The number of carbonyl (C=O) groups excluding carboxylic acids is 2. The molecule has 0 aliphatic carbocycles. The Labute approximate surface area is 267 Å². The Kier molecular flexibility index (Phi) is 11.9. The quantitative estimate of drug-likeness (QED) is 0.215. The number of alkyl halides is 3. The topological polar surface area (TPSA) is 181 Å². The molecule has 258 valence electrons. The largest absolute Gasteiger partial charge is 0.458 e. The maximum atomic E-state index is 14.2. The fourth-order valence-corrected chi connectivity index (χ4v) is 5.30. The van der Waals surface area contributed by atoms with Crippen molar-refractivity contribution in [2.45, 2.75) is 103 Å². The first-order valence-corrected chi connectivity index (χ1v) is 16.2. The number of rotatable bonds is 12. The van der Waals surface area contributed by atoms with Crippen LogP contribution in [-0.2, 0) is 35.2 Å². The maximum absolute atomic E-state index is 14.2. The van der Waals surface area contributed by atoms with E-state index in [-0.39, 0.29) is 11.6 Å². The average Bonchev–Trinajstić information content (AvgIpc) is 2.87. The number of hydrogen-bond acceptors (Lipinski definition) is 11. The molecule has 16 heteroatoms. The van der Waals surface area contributed by atoms with E-state index in [4.69, 9.17) is 19.0 Å². The van der Waals surface area contributed by atoms with E-state index in [2.05, 4.69) is 15.3 Å². The van der Waals surface area contributed by atoms with Crippen LogP contribution in [0, 0.1) is 4.78 Å². The third-order valence-corrected chi connectivity index (χ3v) is 7.95. The summed E-state index contributed by atoms with van der Waals surface area (Å²) < 4.78 is 79.8. The number of amides is 1. The van der Waals surface area contributed by atoms with Crippen LogP contribution < -0.4 is 10.1 Å². The molecule has 0 saturated carbocycles. The third kappa shape index (κ3) is 12.0. The molecule has 1 heterocycles. The highest BCUT2D eigenvalue weighted by molar-refractivity contribution is 7.92. The summed E-state index contributed by atoms with van der Waals surface area (Å²) >= 11 is 0. The lowest BCUT2D eigenvalue weighted by Crippen LogP contribution is -2.47. The number of carbonyl (C=O) groups is 2. The van der Waals surface area contributed by atoms with Crippen molar-refractivity contribution in [3.63, 3.8) is 0 Å². The molecular weight excluding hydrogens is 633 g/mol. The molecule has 0 radical (unpaired) electrons. The van der Waals surface area contributed by atoms with Gasteiger partial charge in [0.25, 0.3) is 0 Å². The number of nitrogens with one attached hydrogen (secondary N) is 2. The van der Waals surface area contributed by atoms with Gasteiger partial charge >= 0.3 is 18.2 Å². The molecule has 1 aromatic heterocycles. The molecule has 0 bridgehead atoms. The van der Waals surface area contributed by atoms with Crippen molar-refractivity contribution in [3.05, 3.63) is 47.9 Å². The van der Waals surface area contributed by atoms with Gasteiger partial charge in [0.1, 0.15) is 23.0 Å². The van der Waals surface area contributed by atoms with Crippen molar-refractivity contribution in [1.29, 1.82) is 4.78 Å². The van der Waals surface area contributed by atoms with Crippen LogP contribution in [0.1, 0.15) is 79.5 Å². The van der Waals surface area contributed by atoms with Gasteiger partial charge in [-0.2, -0.15) is 13.2 Å². The molecule has 3 atom stereocenters. The normalized spacial score (nSPS) is 16.0. The number of hydrogen-bond donors (Lipinski definition) is 4. The molecule has 1 aromatic carbocycles. The van der Waals surface area contributed by atoms with Gasteiger partial charge < -0.3 is 29.7 Å². The van der Waals surface area contributed by atoms with Crippen LogP contribution >= 0.6 is 0 Å². The lowest BCUT2D eigenvalue weighted by Gasteiger charge is -2.30. The molecular formula is C30H43F3N4O8S. The van der Waals surface area contributed by atoms with Gasteiger partial charge in [0.15, 0.2) is 0 Å². The minimum atomic E-state index is -5.29. The van der Waals surface area contributed by atoms with E-state index in [9.17, 15) is 37.2 Å². The Morgan fingerprint density at radius 3 is 2.07 bits per heavy atom. The van der Waals surface area contributed by atoms with Crippen molar-refractivity contribution in [3.8, 4) is 11.6 Å². The predicted octanol–water partition coefficient (Wildman–Crippen LogP) is 5.31. The van der Waals surface area contributed by atoms with Crippen LogP contribution in [0.5, 0.6) is 11.6 Å². The summed E-state index contributed by atoms with van der Waals surface area (Å²) in [5.41, 5.74) is -7.08. The molecule has 4 N–H and O–H groups in total. The fraction of sp³-hybridized carbons (Fsp3) is 0.600. The van der Waals surface area contributed by atoms with Crippen molar-refractivity contribution < 1.29 is 51.4 Å². The highest BCUT2D eigenvalue weighted by Crippen LogP contribution is 2.41. The van der Waals surface area contributed by atoms with Gasteiger partial charge in [-0.3, -0.25) is 9.76 Å². The highest BCUT2D eigenvalue weighted by atomic mass is 32.2. The Hall–Kier alpha value is -3.50. The zero-order valence-electron chi connectivity index (χ0n) is 27.2. The number of aliphatic hydroxyl groups is 2. The van der Waals surface area contributed by atoms with Gasteiger partial charge in [-0.15, -0.1) is 0 Å². The van der Waals surface area contributed by atoms with E-state index in [0.717, 1.165) is 6.20 Å². The Morgan fingerprint density at radius 1 is 0.957 bits per heavy atom. The van der Waals surface area contributed by atoms with E-state index in [0.29, 0.717) is 11.8 Å². The zero-order valence-corrected chi connectivity index (χ0v) is 28.0. The average molecular weight is 677 g/mol. The summed E-state index contributed by atoms with van der Waals surface area (Å²) in [6.07, 6.45) is -6.37. The van der Waals surface area contributed by atoms with Crippen molar-refractivity contribution in [1.82, 2.24) is 15.3 Å². The van der Waals surface area contributed by atoms with E-state index in [1.165, 1.54) is 12.1 Å². The number of ether oxygens (including phenoxy) is 3. The summed E-state index contributed by atoms with van der Waals surface area (Å²) in [6.45, 7) is 12.7. The van der Waals surface area contributed by atoms with Gasteiger partial charge in [0, 0.05) is 27.7 Å². The van der Waals surface area contributed by atoms with E-state index >= 15 is 0 Å². The SMILES string of the molecule is CC(C)(C)OC(=O)N[C@@H](CCS(=N)(=O)CCC(O)(c1cnc(Oc2cccc(C(C)(C)O)c2)cn1)C(F)(F)F)C(=O)OC(C)(C)C. The van der Waals surface area contributed by atoms with Crippen LogP contribution in [-0.4, -0.2) is 71.4 Å². The Bertz CT molecular complexity index is 1470. The minimum Gasteiger partial charge on any atom is -0.458 e. The van der Waals surface area contributed by atoms with Gasteiger partial charge in [-0.25, -0.2) is 18.8 Å². The molecule has 1 amide bonds. The van der Waals surface area contributed by atoms with Crippen LogP contribution in [0.25, 0.3) is 0 Å². The predicted molar refractivity (Wildman–Crippen MR) is 163 cm³/mol. The Morgan fingerprint density at radius 2 is 1.57 bits per heavy atom. The summed E-state index contributed by atoms with van der Waals surface area (Å²) in [5.74, 6) is -2.42. The molecule has 2 rings (SSSR count). The number of halogens is 3. The first kappa shape index (κ1) is 38.7. The van der Waals surface area contributed by atoms with Gasteiger partial charge in [0.05, 0.1) is 23.7 Å². The highest BCUT2D eigenvalue weighted by Gasteiger charge is 2.56. The monoisotopic (exact) mass is 676 g/mol. The lowest BCUT2D eigenvalue weighted by atomic mass is 9.96. The first-order chi connectivity index (χ1) is 20.7. The second-order valence-corrected chi connectivity index (χ2v) is 15.7. The van der Waals surface area contributed by atoms with Gasteiger partial charge in [-0.05, 0) is 79.5 Å².